The molecule has 8 aliphatic heterocycles. The highest BCUT2D eigenvalue weighted by Crippen LogP contribution is 2.50. The number of carbonyl (C=O) groups is 4. The number of carbonyl (C=O) groups excluding carboxylic acids is 4. The number of nitrogens with zero attached hydrogens (tertiary/aromatic N) is 4. The fourth-order valence-electron chi connectivity index (χ4n) is 11.4. The fraction of sp³-hybridized carbons (Fsp3) is 0.708. The lowest BCUT2D eigenvalue weighted by Crippen LogP contribution is -2.51. The van der Waals surface area contributed by atoms with E-state index in [1.54, 1.807) is 0 Å². The van der Waals surface area contributed by atoms with Crippen molar-refractivity contribution in [2.75, 3.05) is 109 Å². The smallest absolute Gasteiger partial charge is 0.323 e. The van der Waals surface area contributed by atoms with Crippen molar-refractivity contribution in [1.82, 2.24) is 19.6 Å². The zero-order chi connectivity index (χ0) is 155. The number of nitrogens with two attached hydrogens (primary N) is 4. The van der Waals surface area contributed by atoms with Gasteiger partial charge in [-0.3, -0.25) is 38.8 Å². The summed E-state index contributed by atoms with van der Waals surface area (Å²) in [6.07, 6.45) is -59.2. The number of aryl methyl sites for hydroxylation is 4. The Kier molecular flexibility index (Phi) is 13.3. The molecule has 8 heterocycles. The van der Waals surface area contributed by atoms with Crippen LogP contribution in [-0.4, -0.2) is 201 Å². The molecule has 20 atom stereocenters. The van der Waals surface area contributed by atoms with Crippen LogP contribution in [0.1, 0.15) is 334 Å². The Morgan fingerprint density at radius 2 is 0.550 bits per heavy atom. The van der Waals surface area contributed by atoms with Crippen LogP contribution in [0.2, 0.25) is 0 Å². The van der Waals surface area contributed by atoms with Crippen molar-refractivity contribution in [3.05, 3.63) is 93.0 Å². The first-order valence-corrected chi connectivity index (χ1v) is 36.7. The molecule has 0 amide bonds. The van der Waals surface area contributed by atoms with Crippen LogP contribution in [-0.2, 0) is 63.6 Å². The molecule has 8 N–H and O–H groups in total. The molecule has 120 heavy (non-hydrogen) atoms. The van der Waals surface area contributed by atoms with Gasteiger partial charge < -0.3 is 79.8 Å². The van der Waals surface area contributed by atoms with Crippen LogP contribution < -0.4 is 60.8 Å². The van der Waals surface area contributed by atoms with Crippen LogP contribution in [0.4, 0.5) is 0 Å². The molecule has 0 saturated carbocycles. The summed E-state index contributed by atoms with van der Waals surface area (Å²) >= 11 is 0. The molecule has 0 radical (unpaired) electrons. The Balaban J connectivity index is 0.000000283. The van der Waals surface area contributed by atoms with E-state index < -0.39 is 445 Å². The van der Waals surface area contributed by atoms with Gasteiger partial charge in [0.1, 0.15) is 48.6 Å². The first-order chi connectivity index (χ1) is 86.0. The maximum Gasteiger partial charge on any atom is 0.323 e. The molecule has 24 heteroatoms. The molecule has 12 rings (SSSR count). The van der Waals surface area contributed by atoms with Gasteiger partial charge >= 0.3 is 23.9 Å². The zero-order valence-corrected chi connectivity index (χ0v) is 68.2. The van der Waals surface area contributed by atoms with E-state index in [1.165, 1.54) is 62.5 Å². The molecule has 0 spiro atoms. The summed E-state index contributed by atoms with van der Waals surface area (Å²) in [6.45, 7) is -34.2. The Labute approximate surface area is 825 Å². The molecular formula is C96H152N8O16. The molecule has 672 valence electrons. The molecule has 0 aromatic heterocycles. The van der Waals surface area contributed by atoms with Crippen molar-refractivity contribution in [3.8, 4) is 46.0 Å². The number of esters is 4. The number of hydrogen-bond acceptors (Lipinski definition) is 24. The summed E-state index contributed by atoms with van der Waals surface area (Å²) < 4.78 is 717. The van der Waals surface area contributed by atoms with Gasteiger partial charge in [0.25, 0.3) is 0 Å². The Morgan fingerprint density at radius 1 is 0.358 bits per heavy atom. The molecule has 0 bridgehead atoms. The van der Waals surface area contributed by atoms with Crippen LogP contribution in [0.3, 0.4) is 0 Å². The molecule has 24 nitrogen and oxygen atoms in total. The number of piperidine rings is 4. The Bertz CT molecular complexity index is 7650. The minimum absolute atomic E-state index is 0.169. The van der Waals surface area contributed by atoms with Crippen molar-refractivity contribution in [1.29, 1.82) is 0 Å². The lowest BCUT2D eigenvalue weighted by molar-refractivity contribution is -0.161. The second-order valence-electron chi connectivity index (χ2n) is 28.3. The number of methoxy groups -OCH3 is 8. The number of benzene rings is 4. The monoisotopic (exact) mass is 1750 g/mol. The van der Waals surface area contributed by atoms with Crippen molar-refractivity contribution < 1.29 is 180 Å². The van der Waals surface area contributed by atoms with Crippen molar-refractivity contribution in [2.24, 2.45) is 93.8 Å². The number of hydrogen-bond donors (Lipinski definition) is 4. The van der Waals surface area contributed by atoms with E-state index in [4.69, 9.17) is 151 Å². The van der Waals surface area contributed by atoms with Crippen LogP contribution in [0.25, 0.3) is 0 Å². The van der Waals surface area contributed by atoms with Gasteiger partial charge in [0.05, 0.1) is 78.5 Å². The molecule has 4 aromatic carbocycles. The summed E-state index contributed by atoms with van der Waals surface area (Å²) in [6, 6.07) is -16.1. The van der Waals surface area contributed by atoms with Gasteiger partial charge in [-0.15, -0.1) is 0 Å². The van der Waals surface area contributed by atoms with Gasteiger partial charge in [-0.1, -0.05) is 110 Å². The van der Waals surface area contributed by atoms with E-state index >= 15 is 0 Å². The number of ether oxygens (including phenoxy) is 12. The maximum atomic E-state index is 13.4. The average molecular weight is 1750 g/mol. The predicted octanol–water partition coefficient (Wildman–Crippen LogP) is 14.3. The lowest BCUT2D eigenvalue weighted by atomic mass is 9.79. The summed E-state index contributed by atoms with van der Waals surface area (Å²) in [5.74, 6) is -45.3. The van der Waals surface area contributed by atoms with Gasteiger partial charge in [0, 0.05) is 207 Å². The molecule has 8 aliphatic rings. The van der Waals surface area contributed by atoms with Crippen LogP contribution >= 0.6 is 0 Å². The molecule has 0 aliphatic carbocycles. The van der Waals surface area contributed by atoms with E-state index in [-0.39, 0.29) is 16.4 Å². The van der Waals surface area contributed by atoms with E-state index in [0.29, 0.717) is 64.1 Å². The Hall–Kier alpha value is -7.16. The minimum Gasteiger partial charge on any atom is -0.493 e. The standard InChI is InChI=1S/4C24H38N2O4/c4*1-14(2)9-17-13-26-8-7-16-10-21(28-5)22(29-6)11-18(16)19(26)12-20(17)30-24(27)23(25)15(3)4/h4*10-11,14-15,17,19-20,23H,7-9,12-13,25H2,1-6H3/t4*17?,19?,20?,23-/m0000/s1/i1D3,5D3,6D3,7D2,8D2,9D2,12D2,13D2,14D,17D,19D;1D3,6D3,7D2,8D2,9D2,12D2,13D2,14D,17D,19D;1D3,5D3,7D2,8D2,9D2,12D2,13D2,14D,17D,19D;1D3,7D2,8D2,9D2,12D2,13D2,14D,17D,19D/t4*14?,17?,19?,20?,23-. The first-order valence-electron chi connectivity index (χ1n) is 74.7. The minimum atomic E-state index is -4.35. The maximum absolute atomic E-state index is 13.4. The largest absolute Gasteiger partial charge is 0.493 e. The second kappa shape index (κ2) is 43.9. The number of fused-ring (bicyclic) bond motifs is 12. The van der Waals surface area contributed by atoms with Gasteiger partial charge in [0.15, 0.2) is 46.0 Å². The van der Waals surface area contributed by atoms with E-state index in [2.05, 4.69) is 0 Å². The fourth-order valence-corrected chi connectivity index (χ4v) is 11.4. The van der Waals surface area contributed by atoms with Gasteiger partial charge in [-0.25, -0.2) is 0 Å². The van der Waals surface area contributed by atoms with Gasteiger partial charge in [-0.05, 0) is 191 Å². The van der Waals surface area contributed by atoms with Crippen LogP contribution in [0, 0.1) is 70.8 Å². The third kappa shape index (κ3) is 23.8. The van der Waals surface area contributed by atoms with Crippen molar-refractivity contribution >= 4 is 23.9 Å². The van der Waals surface area contributed by atoms with Gasteiger partial charge in [-0.2, -0.15) is 0 Å². The zero-order valence-electron chi connectivity index (χ0n) is 144. The van der Waals surface area contributed by atoms with E-state index in [1.807, 2.05) is 0 Å². The van der Waals surface area contributed by atoms with Crippen LogP contribution in [0.15, 0.2) is 48.5 Å². The average Bonchev–Trinajstić information content (AvgIpc) is 0.645. The quantitative estimate of drug-likeness (QED) is 0.0303. The lowest BCUT2D eigenvalue weighted by Gasteiger charge is -2.47. The molecular weight excluding hydrogens is 1520 g/mol. The van der Waals surface area contributed by atoms with E-state index in [0.717, 1.165) is 33.5 Å². The normalized spacial score (nSPS) is 49.1. The second-order valence-corrected chi connectivity index (χ2v) is 28.3. The Morgan fingerprint density at radius 3 is 0.733 bits per heavy atom. The summed E-state index contributed by atoms with van der Waals surface area (Å²) in [5, 5.41) is 0. The summed E-state index contributed by atoms with van der Waals surface area (Å²) in [5.41, 5.74) is 16.1. The highest BCUT2D eigenvalue weighted by Gasteiger charge is 2.47. The highest BCUT2D eigenvalue weighted by atomic mass is 16.6. The topological polar surface area (TPSA) is 296 Å². The summed E-state index contributed by atoms with van der Waals surface area (Å²) in [4.78, 5) is 51.6. The van der Waals surface area contributed by atoms with Crippen molar-refractivity contribution in [3.63, 3.8) is 0 Å². The predicted molar refractivity (Wildman–Crippen MR) is 471 cm³/mol. The molecule has 4 fully saturated rings. The molecule has 4 aromatic rings. The SMILES string of the molecule is [2H]C([2H])([2H])C([2H])(C)C([2H])([2H])C1([2H])C(OC(=O)[C@@H](N)C(C)C)C([2H])([2H])C2([2H])c3cc(OC)c(OC)cc3C([2H])([2H])C([2H])([2H])N2C1([2H])[2H].[2H]C([2H])([2H])Oc1cc2c(cc1OC([2H])([2H])[2H])C1([2H])N(C([2H])([2H])C2([2H])[2H])C([2H])([2H])C([2H])(C([2H])([2H])C([2H])(C)C([2H])([2H])[2H])C(OC(=O)[C@@H](N)C(C)C)C1([2H])[2H].[2H]C([2H])([2H])Oc1cc2c(cc1OC)C([2H])([2H])C([2H])([2H])N1C([2H])([2H])C([2H])(C([2H])([2H])C([2H])(C)C([2H])([2H])[2H])C(OC(=O)[C@@H](N)C(C)C)C([2H])([2H])C21[2H].[2H]C([2H])([2H])Oc1cc2c(cc1OC)C1([2H])N(C([2H])([2H])C2([2H])[2H])C([2H])([2H])C([2H])(C([2H])([2H])C([2H])(C)C([2H])([2H])[2H])C(OC(=O)[C@@H](N)C(C)C)C1([2H])[2H]. The van der Waals surface area contributed by atoms with Crippen molar-refractivity contribution in [2.45, 2.75) is 260 Å². The number of rotatable bonds is 28. The third-order valence-electron chi connectivity index (χ3n) is 18.0. The molecule has 16 unspecified atom stereocenters. The first kappa shape index (κ1) is 36.4. The highest BCUT2D eigenvalue weighted by molar-refractivity contribution is 5.77. The van der Waals surface area contributed by atoms with Crippen LogP contribution in [0.5, 0.6) is 46.0 Å². The van der Waals surface area contributed by atoms with E-state index in [9.17, 15) is 52.1 Å². The third-order valence-corrected chi connectivity index (χ3v) is 18.0. The van der Waals surface area contributed by atoms with Gasteiger partial charge in [0.2, 0.25) is 0 Å². The summed E-state index contributed by atoms with van der Waals surface area (Å²) in [7, 11) is -8.93. The molecule has 4 saturated heterocycles.